The van der Waals surface area contributed by atoms with E-state index in [-0.39, 0.29) is 0 Å². The largest absolute Gasteiger partial charge is 0.372 e. The van der Waals surface area contributed by atoms with E-state index in [4.69, 9.17) is 0 Å². The van der Waals surface area contributed by atoms with E-state index in [2.05, 4.69) is 12.1 Å². The molecule has 1 aromatic rings. The molecule has 1 nitrogen and oxygen atoms in total. The van der Waals surface area contributed by atoms with E-state index < -0.39 is 3.61 Å². The molecule has 2 rings (SSSR count). The summed E-state index contributed by atoms with van der Waals surface area (Å²) >= 11 is 2.00. The molecule has 0 saturated carbocycles. The molecule has 1 aliphatic rings. The fourth-order valence-corrected chi connectivity index (χ4v) is 1.91. The van der Waals surface area contributed by atoms with E-state index in [0.29, 0.717) is 5.92 Å². The Hall–Kier alpha value is -0.610. The summed E-state index contributed by atoms with van der Waals surface area (Å²) in [5, 5.41) is 9.65. The van der Waals surface area contributed by atoms with Gasteiger partial charge in [0.05, 0.1) is 0 Å². The van der Waals surface area contributed by atoms with E-state index in [1.54, 1.807) is 0 Å². The van der Waals surface area contributed by atoms with E-state index in [1.807, 2.05) is 65.1 Å². The molecule has 72 valence electrons. The average molecular weight is 298 g/mol. The smallest absolute Gasteiger partial charge is 0.152 e. The summed E-state index contributed by atoms with van der Waals surface area (Å²) in [7, 11) is 0. The lowest BCUT2D eigenvalue weighted by Crippen LogP contribution is -2.15. The fourth-order valence-electron chi connectivity index (χ4n) is 1.49. The highest BCUT2D eigenvalue weighted by atomic mass is 127. The lowest BCUT2D eigenvalue weighted by molar-refractivity contribution is 0.252. The number of aliphatic hydroxyl groups is 1. The van der Waals surface area contributed by atoms with Gasteiger partial charge in [0, 0.05) is 5.92 Å². The van der Waals surface area contributed by atoms with Gasteiger partial charge in [0.1, 0.15) is 0 Å². The second-order valence-corrected chi connectivity index (χ2v) is 5.11. The van der Waals surface area contributed by atoms with Crippen molar-refractivity contribution in [3.63, 3.8) is 0 Å². The van der Waals surface area contributed by atoms with Crippen molar-refractivity contribution in [1.29, 1.82) is 0 Å². The van der Waals surface area contributed by atoms with E-state index in [0.717, 1.165) is 0 Å². The Labute approximate surface area is 97.3 Å². The van der Waals surface area contributed by atoms with Crippen molar-refractivity contribution in [3.05, 3.63) is 60.2 Å². The van der Waals surface area contributed by atoms with Crippen LogP contribution >= 0.6 is 22.6 Å². The van der Waals surface area contributed by atoms with Gasteiger partial charge in [0.15, 0.2) is 3.61 Å². The molecule has 0 heterocycles. The van der Waals surface area contributed by atoms with Crippen molar-refractivity contribution < 1.29 is 5.11 Å². The quantitative estimate of drug-likeness (QED) is 0.480. The molecular weight excluding hydrogens is 287 g/mol. The van der Waals surface area contributed by atoms with Crippen LogP contribution in [0.5, 0.6) is 0 Å². The third-order valence-electron chi connectivity index (χ3n) is 2.26. The maximum atomic E-state index is 9.65. The summed E-state index contributed by atoms with van der Waals surface area (Å²) in [4.78, 5) is 0. The summed E-state index contributed by atoms with van der Waals surface area (Å²) in [6.07, 6.45) is 7.71. The Morgan fingerprint density at radius 2 is 1.64 bits per heavy atom. The molecule has 0 unspecified atom stereocenters. The predicted molar refractivity (Wildman–Crippen MR) is 66.4 cm³/mol. The molecule has 0 aliphatic heterocycles. The molecule has 0 aromatic heterocycles. The summed E-state index contributed by atoms with van der Waals surface area (Å²) in [5.74, 6) is 0.297. The second-order valence-electron chi connectivity index (χ2n) is 3.38. The number of hydrogen-bond acceptors (Lipinski definition) is 1. The maximum absolute atomic E-state index is 9.65. The fraction of sp³-hybridized carbons (Fsp3) is 0.167. The molecule has 0 amide bonds. The summed E-state index contributed by atoms with van der Waals surface area (Å²) < 4.78 is -0.803. The molecule has 1 aliphatic carbocycles. The zero-order valence-electron chi connectivity index (χ0n) is 7.60. The summed E-state index contributed by atoms with van der Waals surface area (Å²) in [6, 6.07) is 10.3. The topological polar surface area (TPSA) is 20.2 Å². The molecule has 0 saturated heterocycles. The number of rotatable bonds is 1. The molecule has 1 N–H and O–H groups in total. The molecule has 0 radical (unpaired) electrons. The van der Waals surface area contributed by atoms with Gasteiger partial charge in [-0.05, 0) is 40.3 Å². The number of alkyl halides is 1. The normalized spacial score (nSPS) is 30.6. The van der Waals surface area contributed by atoms with Gasteiger partial charge >= 0.3 is 0 Å². The van der Waals surface area contributed by atoms with Crippen LogP contribution in [0.25, 0.3) is 0 Å². The minimum Gasteiger partial charge on any atom is -0.372 e. The molecular formula is C12H11IO. The molecule has 2 heteroatoms. The first-order valence-corrected chi connectivity index (χ1v) is 5.60. The first-order chi connectivity index (χ1) is 6.67. The molecule has 0 atom stereocenters. The van der Waals surface area contributed by atoms with Crippen molar-refractivity contribution in [2.24, 2.45) is 0 Å². The Bertz CT molecular complexity index is 349. The van der Waals surface area contributed by atoms with Gasteiger partial charge in [-0.2, -0.15) is 0 Å². The van der Waals surface area contributed by atoms with Gasteiger partial charge < -0.3 is 5.11 Å². The van der Waals surface area contributed by atoms with Crippen LogP contribution < -0.4 is 0 Å². The van der Waals surface area contributed by atoms with Gasteiger partial charge in [-0.1, -0.05) is 42.5 Å². The molecule has 0 spiro atoms. The van der Waals surface area contributed by atoms with E-state index in [9.17, 15) is 5.11 Å². The SMILES string of the molecule is OC1(I)C=CC(c2ccccc2)C=C1. The monoisotopic (exact) mass is 298 g/mol. The number of benzene rings is 1. The van der Waals surface area contributed by atoms with E-state index >= 15 is 0 Å². The highest BCUT2D eigenvalue weighted by molar-refractivity contribution is 14.1. The molecule has 1 aromatic carbocycles. The predicted octanol–water partition coefficient (Wildman–Crippen LogP) is 3.02. The number of hydrogen-bond donors (Lipinski definition) is 1. The van der Waals surface area contributed by atoms with Crippen molar-refractivity contribution in [2.45, 2.75) is 9.53 Å². The molecule has 0 bridgehead atoms. The van der Waals surface area contributed by atoms with Crippen LogP contribution in [-0.4, -0.2) is 8.71 Å². The summed E-state index contributed by atoms with van der Waals surface area (Å²) in [6.45, 7) is 0. The van der Waals surface area contributed by atoms with Crippen LogP contribution in [0.4, 0.5) is 0 Å². The van der Waals surface area contributed by atoms with Crippen molar-refractivity contribution in [3.8, 4) is 0 Å². The van der Waals surface area contributed by atoms with Gasteiger partial charge in [-0.3, -0.25) is 0 Å². The first kappa shape index (κ1) is 9.93. The van der Waals surface area contributed by atoms with Crippen molar-refractivity contribution in [1.82, 2.24) is 0 Å². The third kappa shape index (κ3) is 2.25. The van der Waals surface area contributed by atoms with Crippen LogP contribution in [0.3, 0.4) is 0 Å². The number of halogens is 1. The van der Waals surface area contributed by atoms with Crippen LogP contribution in [0.1, 0.15) is 11.5 Å². The lowest BCUT2D eigenvalue weighted by atomic mass is 9.94. The first-order valence-electron chi connectivity index (χ1n) is 4.52. The minimum atomic E-state index is -0.803. The van der Waals surface area contributed by atoms with Crippen molar-refractivity contribution >= 4 is 22.6 Å². The Morgan fingerprint density at radius 1 is 1.07 bits per heavy atom. The van der Waals surface area contributed by atoms with Gasteiger partial charge in [-0.15, -0.1) is 0 Å². The van der Waals surface area contributed by atoms with Crippen LogP contribution in [0, 0.1) is 0 Å². The Balaban J connectivity index is 2.22. The Morgan fingerprint density at radius 3 is 2.21 bits per heavy atom. The zero-order chi connectivity index (χ0) is 10.0. The van der Waals surface area contributed by atoms with Gasteiger partial charge in [-0.25, -0.2) is 0 Å². The average Bonchev–Trinajstić information content (AvgIpc) is 2.19. The molecule has 14 heavy (non-hydrogen) atoms. The third-order valence-corrected chi connectivity index (χ3v) is 2.98. The van der Waals surface area contributed by atoms with Crippen LogP contribution in [0.15, 0.2) is 54.6 Å². The standard InChI is InChI=1S/C12H11IO/c13-12(14)8-6-11(7-9-12)10-4-2-1-3-5-10/h1-9,11,14H. The second kappa shape index (κ2) is 3.87. The highest BCUT2D eigenvalue weighted by Gasteiger charge is 2.19. The maximum Gasteiger partial charge on any atom is 0.152 e. The highest BCUT2D eigenvalue weighted by Crippen LogP contribution is 2.29. The minimum absolute atomic E-state index is 0.297. The number of allylic oxidation sites excluding steroid dienone is 2. The van der Waals surface area contributed by atoms with E-state index in [1.165, 1.54) is 5.56 Å². The van der Waals surface area contributed by atoms with Crippen LogP contribution in [0.2, 0.25) is 0 Å². The summed E-state index contributed by atoms with van der Waals surface area (Å²) in [5.41, 5.74) is 1.26. The van der Waals surface area contributed by atoms with Crippen LogP contribution in [-0.2, 0) is 0 Å². The van der Waals surface area contributed by atoms with Crippen molar-refractivity contribution in [2.75, 3.05) is 0 Å². The van der Waals surface area contributed by atoms with Gasteiger partial charge in [0.2, 0.25) is 0 Å². The lowest BCUT2D eigenvalue weighted by Gasteiger charge is -2.19. The zero-order valence-corrected chi connectivity index (χ0v) is 9.76. The Kier molecular flexibility index (Phi) is 2.74. The van der Waals surface area contributed by atoms with Gasteiger partial charge in [0.25, 0.3) is 0 Å². The molecule has 0 fully saturated rings.